The van der Waals surface area contributed by atoms with Crippen molar-refractivity contribution < 1.29 is 27.6 Å². The molecule has 0 heterocycles. The molecule has 3 heteroatoms. The molecule has 0 radical (unpaired) electrons. The smallest absolute Gasteiger partial charge is 0.289 e. The Balaban J connectivity index is 0. The average molecular weight is 84.0 g/mol. The Bertz CT molecular complexity index is 35.8. The van der Waals surface area contributed by atoms with Crippen LogP contribution in [0.4, 0.5) is 8.78 Å². The van der Waals surface area contributed by atoms with Gasteiger partial charge in [-0.15, -0.1) is 0 Å². The third-order valence-electron chi connectivity index (χ3n) is 0.154. The van der Waals surface area contributed by atoms with E-state index in [2.05, 4.69) is 6.58 Å². The van der Waals surface area contributed by atoms with Crippen molar-refractivity contribution in [2.45, 2.75) is 0 Å². The van der Waals surface area contributed by atoms with Crippen LogP contribution in [0.15, 0.2) is 12.7 Å². The first-order valence-corrected chi connectivity index (χ1v) is 1.07. The molecule has 0 nitrogen and oxygen atoms in total. The van der Waals surface area contributed by atoms with E-state index in [1.54, 1.807) is 0 Å². The normalized spacial score (nSPS) is 5.67. The minimum Gasteiger partial charge on any atom is -0.289 e. The molecule has 0 aliphatic carbocycles. The number of hydrogen-bond acceptors (Lipinski definition) is 0. The van der Waals surface area contributed by atoms with Gasteiger partial charge in [0.05, 0.1) is 0 Å². The molecule has 0 fully saturated rings. The van der Waals surface area contributed by atoms with Crippen LogP contribution in [-0.2, 0) is 0 Å². The molecule has 6 heavy (non-hydrogen) atoms. The first-order chi connectivity index (χ1) is 2.27. The van der Waals surface area contributed by atoms with E-state index in [1.165, 1.54) is 0 Å². The molecular weight excluding hydrogens is 81.0 g/mol. The van der Waals surface area contributed by atoms with Gasteiger partial charge in [-0.25, -0.2) is 6.58 Å². The van der Waals surface area contributed by atoms with Gasteiger partial charge in [0.25, 0.3) is 0 Å². The van der Waals surface area contributed by atoms with Gasteiger partial charge in [0.1, 0.15) is 6.43 Å². The second kappa shape index (κ2) is 5.07. The van der Waals surface area contributed by atoms with E-state index in [4.69, 9.17) is 0 Å². The van der Waals surface area contributed by atoms with Gasteiger partial charge in [-0.3, -0.25) is 8.78 Å². The molecule has 0 aliphatic heterocycles. The van der Waals surface area contributed by atoms with Gasteiger partial charge < -0.3 is 0 Å². The number of rotatable bonds is 1. The Morgan fingerprint density at radius 2 is 1.67 bits per heavy atom. The molecule has 0 aromatic rings. The third kappa shape index (κ3) is 8.95. The topological polar surface area (TPSA) is 0 Å². The molecule has 0 rings (SSSR count). The zero-order valence-corrected chi connectivity index (χ0v) is 3.54. The fourth-order valence-electron chi connectivity index (χ4n) is 0. The van der Waals surface area contributed by atoms with Crippen molar-refractivity contribution >= 4 is 0 Å². The maximum atomic E-state index is 10.6. The van der Waals surface area contributed by atoms with Gasteiger partial charge in [-0.05, 0) is 0 Å². The van der Waals surface area contributed by atoms with Gasteiger partial charge in [-0.1, -0.05) is 0 Å². The number of hydrogen-bond donors (Lipinski definition) is 0. The van der Waals surface area contributed by atoms with Crippen LogP contribution in [0.25, 0.3) is 0 Å². The second-order valence-corrected chi connectivity index (χ2v) is 0.494. The predicted octanol–water partition coefficient (Wildman–Crippen LogP) is -1.40. The Kier molecular flexibility index (Phi) is 7.95. The van der Waals surface area contributed by atoms with Crippen LogP contribution >= 0.6 is 0 Å². The van der Waals surface area contributed by atoms with Gasteiger partial charge in [0.2, 0.25) is 0 Å². The standard InChI is InChI=1S/C3H3F2.Li/c1-2-3(4)5;/h2H,1H2;/q-1;+1. The van der Waals surface area contributed by atoms with E-state index in [1.807, 2.05) is 0 Å². The van der Waals surface area contributed by atoms with Gasteiger partial charge in [0, 0.05) is 0 Å². The van der Waals surface area contributed by atoms with E-state index >= 15 is 0 Å². The first-order valence-electron chi connectivity index (χ1n) is 1.07. The third-order valence-corrected chi connectivity index (χ3v) is 0.154. The first kappa shape index (κ1) is 9.42. The summed E-state index contributed by atoms with van der Waals surface area (Å²) in [6.07, 6.45) is -1.23. The van der Waals surface area contributed by atoms with Crippen molar-refractivity contribution in [1.82, 2.24) is 0 Å². The summed E-state index contributed by atoms with van der Waals surface area (Å²) in [5, 5.41) is 0. The molecule has 0 atom stereocenters. The molecule has 0 saturated heterocycles. The Morgan fingerprint density at radius 3 is 1.67 bits per heavy atom. The SMILES string of the molecule is C=C[C-](F)F.[Li+]. The van der Waals surface area contributed by atoms with Crippen molar-refractivity contribution in [3.05, 3.63) is 19.1 Å². The van der Waals surface area contributed by atoms with Gasteiger partial charge in [-0.2, -0.15) is 6.08 Å². The van der Waals surface area contributed by atoms with Gasteiger partial charge in [0.15, 0.2) is 0 Å². The molecule has 0 N–H and O–H groups in total. The van der Waals surface area contributed by atoms with E-state index < -0.39 is 6.43 Å². The molecule has 30 valence electrons. The van der Waals surface area contributed by atoms with Crippen LogP contribution < -0.4 is 18.9 Å². The molecule has 0 aromatic carbocycles. The van der Waals surface area contributed by atoms with Gasteiger partial charge >= 0.3 is 18.9 Å². The van der Waals surface area contributed by atoms with Crippen LogP contribution in [0, 0.1) is 6.43 Å². The van der Waals surface area contributed by atoms with Crippen molar-refractivity contribution in [2.24, 2.45) is 0 Å². The molecule has 0 spiro atoms. The maximum Gasteiger partial charge on any atom is 1.00 e. The summed E-state index contributed by atoms with van der Waals surface area (Å²) < 4.78 is 21.1. The molecule has 0 bridgehead atoms. The molecule has 0 saturated carbocycles. The van der Waals surface area contributed by atoms with E-state index in [0.29, 0.717) is 6.08 Å². The fraction of sp³-hybridized carbons (Fsp3) is 0. The van der Waals surface area contributed by atoms with Crippen molar-refractivity contribution in [2.75, 3.05) is 0 Å². The molecule has 0 amide bonds. The average Bonchev–Trinajstić information content (AvgIpc) is 1.38. The fourth-order valence-corrected chi connectivity index (χ4v) is 0. The van der Waals surface area contributed by atoms with E-state index in [9.17, 15) is 8.78 Å². The summed E-state index contributed by atoms with van der Waals surface area (Å²) in [5.41, 5.74) is 0. The Morgan fingerprint density at radius 1 is 1.50 bits per heavy atom. The monoisotopic (exact) mass is 84.0 g/mol. The summed E-state index contributed by atoms with van der Waals surface area (Å²) in [7, 11) is 0. The zero-order chi connectivity index (χ0) is 4.28. The number of allylic oxidation sites excluding steroid dienone is 1. The van der Waals surface area contributed by atoms with Crippen LogP contribution in [0.2, 0.25) is 0 Å². The number of halogens is 2. The summed E-state index contributed by atoms with van der Waals surface area (Å²) in [6, 6.07) is 0. The van der Waals surface area contributed by atoms with Crippen molar-refractivity contribution in [3.8, 4) is 0 Å². The molecule has 0 unspecified atom stereocenters. The summed E-state index contributed by atoms with van der Waals surface area (Å²) in [6.45, 7) is 2.77. The predicted molar refractivity (Wildman–Crippen MR) is 15.7 cm³/mol. The van der Waals surface area contributed by atoms with Crippen LogP contribution in [-0.4, -0.2) is 0 Å². The molecular formula is C3H3F2Li. The van der Waals surface area contributed by atoms with Crippen molar-refractivity contribution in [1.29, 1.82) is 0 Å². The largest absolute Gasteiger partial charge is 1.00 e. The Labute approximate surface area is 47.4 Å². The molecule has 0 aliphatic rings. The quantitative estimate of drug-likeness (QED) is 0.271. The molecule has 0 aromatic heterocycles. The van der Waals surface area contributed by atoms with Crippen molar-refractivity contribution in [3.63, 3.8) is 0 Å². The van der Waals surface area contributed by atoms with Crippen LogP contribution in [0.5, 0.6) is 0 Å². The summed E-state index contributed by atoms with van der Waals surface area (Å²) >= 11 is 0. The minimum atomic E-state index is -1.73. The van der Waals surface area contributed by atoms with Crippen LogP contribution in [0.3, 0.4) is 0 Å². The van der Waals surface area contributed by atoms with E-state index in [0.717, 1.165) is 0 Å². The maximum absolute atomic E-state index is 10.6. The summed E-state index contributed by atoms with van der Waals surface area (Å²) in [5.74, 6) is 0. The zero-order valence-electron chi connectivity index (χ0n) is 3.54. The van der Waals surface area contributed by atoms with E-state index in [-0.39, 0.29) is 18.9 Å². The Hall–Kier alpha value is 0.0674. The summed E-state index contributed by atoms with van der Waals surface area (Å²) in [4.78, 5) is 0. The minimum absolute atomic E-state index is 0. The van der Waals surface area contributed by atoms with Crippen LogP contribution in [0.1, 0.15) is 0 Å². The second-order valence-electron chi connectivity index (χ2n) is 0.494.